The molecule has 1 saturated heterocycles. The maximum Gasteiger partial charge on any atom is 0.297 e. The number of rotatable bonds is 5. The number of hydrogen-bond acceptors (Lipinski definition) is 4. The van der Waals surface area contributed by atoms with Crippen molar-refractivity contribution in [1.82, 2.24) is 19.7 Å². The van der Waals surface area contributed by atoms with Gasteiger partial charge in [0.1, 0.15) is 5.69 Å². The van der Waals surface area contributed by atoms with Crippen LogP contribution in [0.4, 0.5) is 0 Å². The minimum Gasteiger partial charge on any atom is -0.321 e. The first kappa shape index (κ1) is 20.7. The first-order valence-corrected chi connectivity index (χ1v) is 12.6. The second-order valence-electron chi connectivity index (χ2n) is 10.0. The number of hydrogen-bond donors (Lipinski definition) is 1. The van der Waals surface area contributed by atoms with E-state index in [0.29, 0.717) is 0 Å². The number of nitrogens with two attached hydrogens (primary N) is 1. The lowest BCUT2D eigenvalue weighted by atomic mass is 9.73. The average molecular weight is 462 g/mol. The van der Waals surface area contributed by atoms with Crippen molar-refractivity contribution >= 4 is 16.6 Å². The fraction of sp³-hybridized carbons (Fsp3) is 0.276. The summed E-state index contributed by atoms with van der Waals surface area (Å²) in [5, 5.41) is 6.23. The molecule has 3 aromatic heterocycles. The summed E-state index contributed by atoms with van der Waals surface area (Å²) in [5.74, 6) is 1.05. The lowest BCUT2D eigenvalue weighted by Gasteiger charge is -2.38. The zero-order valence-corrected chi connectivity index (χ0v) is 19.8. The van der Waals surface area contributed by atoms with Gasteiger partial charge in [0.15, 0.2) is 0 Å². The van der Waals surface area contributed by atoms with Gasteiger partial charge >= 0.3 is 0 Å². The molecule has 0 bridgehead atoms. The van der Waals surface area contributed by atoms with Crippen LogP contribution in [0.25, 0.3) is 33.4 Å². The van der Waals surface area contributed by atoms with Crippen LogP contribution in [-0.2, 0) is 12.1 Å². The SMILES string of the molecule is NC1(c2ccc(-n3nc(CN4CCC4)[n+]4ccc5ncc(-c6ccccc6)cc5c34)cc2)CCC1. The minimum atomic E-state index is -0.163. The number of pyridine rings is 2. The Kier molecular flexibility index (Phi) is 4.72. The van der Waals surface area contributed by atoms with E-state index in [-0.39, 0.29) is 5.54 Å². The Hall–Kier alpha value is -3.61. The second kappa shape index (κ2) is 7.97. The Morgan fingerprint density at radius 3 is 2.40 bits per heavy atom. The van der Waals surface area contributed by atoms with Crippen molar-refractivity contribution in [3.8, 4) is 16.8 Å². The Morgan fingerprint density at radius 1 is 0.914 bits per heavy atom. The van der Waals surface area contributed by atoms with Crippen LogP contribution in [0.2, 0.25) is 0 Å². The molecule has 1 saturated carbocycles. The predicted molar refractivity (Wildman–Crippen MR) is 137 cm³/mol. The molecule has 6 heteroatoms. The molecule has 7 rings (SSSR count). The number of nitrogens with zero attached hydrogens (tertiary/aromatic N) is 5. The quantitative estimate of drug-likeness (QED) is 0.395. The van der Waals surface area contributed by atoms with E-state index in [2.05, 4.69) is 80.8 Å². The molecule has 2 N–H and O–H groups in total. The van der Waals surface area contributed by atoms with Gasteiger partial charge in [-0.2, -0.15) is 4.40 Å². The molecule has 35 heavy (non-hydrogen) atoms. The molecule has 0 unspecified atom stereocenters. The fourth-order valence-electron chi connectivity index (χ4n) is 5.37. The molecule has 4 heterocycles. The summed E-state index contributed by atoms with van der Waals surface area (Å²) in [7, 11) is 0. The molecule has 0 radical (unpaired) electrons. The molecule has 0 spiro atoms. The number of likely N-dealkylation sites (tertiary alicyclic amines) is 1. The van der Waals surface area contributed by atoms with Gasteiger partial charge < -0.3 is 5.73 Å². The predicted octanol–water partition coefficient (Wildman–Crippen LogP) is 4.37. The highest BCUT2D eigenvalue weighted by molar-refractivity contribution is 5.92. The normalized spacial score (nSPS) is 17.4. The molecule has 0 atom stereocenters. The van der Waals surface area contributed by atoms with Crippen LogP contribution in [0.15, 0.2) is 79.1 Å². The fourth-order valence-corrected chi connectivity index (χ4v) is 5.37. The first-order chi connectivity index (χ1) is 17.2. The lowest BCUT2D eigenvalue weighted by Crippen LogP contribution is -2.43. The highest BCUT2D eigenvalue weighted by atomic mass is 15.4. The van der Waals surface area contributed by atoms with Crippen LogP contribution in [-0.4, -0.2) is 32.8 Å². The van der Waals surface area contributed by atoms with Crippen molar-refractivity contribution in [2.45, 2.75) is 37.8 Å². The Bertz CT molecular complexity index is 1530. The summed E-state index contributed by atoms with van der Waals surface area (Å²) < 4.78 is 4.32. The highest BCUT2D eigenvalue weighted by Gasteiger charge is 2.34. The van der Waals surface area contributed by atoms with Gasteiger partial charge in [-0.3, -0.25) is 9.88 Å². The van der Waals surface area contributed by atoms with Crippen LogP contribution < -0.4 is 10.1 Å². The molecule has 2 fully saturated rings. The average Bonchev–Trinajstić information content (AvgIpc) is 3.24. The Balaban J connectivity index is 1.42. The third kappa shape index (κ3) is 3.44. The monoisotopic (exact) mass is 461 g/mol. The maximum atomic E-state index is 6.59. The van der Waals surface area contributed by atoms with Crippen molar-refractivity contribution in [3.05, 3.63) is 90.5 Å². The number of aromatic nitrogens is 4. The molecule has 5 aromatic rings. The van der Waals surface area contributed by atoms with Crippen LogP contribution in [0.3, 0.4) is 0 Å². The van der Waals surface area contributed by atoms with Gasteiger partial charge in [0.25, 0.3) is 11.5 Å². The lowest BCUT2D eigenvalue weighted by molar-refractivity contribution is -0.523. The maximum absolute atomic E-state index is 6.59. The Labute approximate surface area is 204 Å². The molecule has 2 aromatic carbocycles. The zero-order chi connectivity index (χ0) is 23.4. The van der Waals surface area contributed by atoms with Crippen LogP contribution in [0, 0.1) is 0 Å². The second-order valence-corrected chi connectivity index (χ2v) is 10.0. The summed E-state index contributed by atoms with van der Waals surface area (Å²) in [4.78, 5) is 7.27. The van der Waals surface area contributed by atoms with E-state index < -0.39 is 0 Å². The van der Waals surface area contributed by atoms with Gasteiger partial charge in [-0.15, -0.1) is 0 Å². The molecular weight excluding hydrogens is 432 g/mol. The zero-order valence-electron chi connectivity index (χ0n) is 19.8. The number of fused-ring (bicyclic) bond motifs is 3. The van der Waals surface area contributed by atoms with Crippen LogP contribution >= 0.6 is 0 Å². The summed E-state index contributed by atoms with van der Waals surface area (Å²) in [5.41, 5.74) is 13.0. The van der Waals surface area contributed by atoms with Gasteiger partial charge in [0.2, 0.25) is 0 Å². The standard InChI is InChI=1S/C29H29N6/c30-29(13-4-14-29)23-8-10-24(11-9-23)35-28-25-18-22(21-6-2-1-3-7-21)19-31-26(25)12-17-34(28)27(32-35)20-33-15-5-16-33/h1-3,6-12,17-19H,4-5,13-16,20,30H2/q+1. The highest BCUT2D eigenvalue weighted by Crippen LogP contribution is 2.38. The molecule has 174 valence electrons. The first-order valence-electron chi connectivity index (χ1n) is 12.6. The molecular formula is C29H29N6+. The van der Waals surface area contributed by atoms with Gasteiger partial charge in [-0.1, -0.05) is 47.1 Å². The molecule has 6 nitrogen and oxygen atoms in total. The van der Waals surface area contributed by atoms with E-state index in [4.69, 9.17) is 15.8 Å². The third-order valence-corrected chi connectivity index (χ3v) is 7.82. The van der Waals surface area contributed by atoms with Crippen molar-refractivity contribution < 1.29 is 4.40 Å². The summed E-state index contributed by atoms with van der Waals surface area (Å²) >= 11 is 0. The van der Waals surface area contributed by atoms with Crippen molar-refractivity contribution in [2.75, 3.05) is 13.1 Å². The minimum absolute atomic E-state index is 0.163. The topological polar surface area (TPSA) is 64.1 Å². The number of benzene rings is 2. The Morgan fingerprint density at radius 2 is 1.71 bits per heavy atom. The van der Waals surface area contributed by atoms with Gasteiger partial charge in [-0.05, 0) is 74.2 Å². The van der Waals surface area contributed by atoms with Gasteiger partial charge in [-0.25, -0.2) is 0 Å². The van der Waals surface area contributed by atoms with Crippen LogP contribution in [0.5, 0.6) is 0 Å². The smallest absolute Gasteiger partial charge is 0.297 e. The summed E-state index contributed by atoms with van der Waals surface area (Å²) in [6, 6.07) is 23.5. The van der Waals surface area contributed by atoms with E-state index in [1.807, 2.05) is 12.3 Å². The summed E-state index contributed by atoms with van der Waals surface area (Å²) in [6.07, 6.45) is 8.67. The molecule has 1 aliphatic carbocycles. The van der Waals surface area contributed by atoms with E-state index in [0.717, 1.165) is 71.7 Å². The van der Waals surface area contributed by atoms with E-state index >= 15 is 0 Å². The van der Waals surface area contributed by atoms with E-state index in [9.17, 15) is 0 Å². The molecule has 0 amide bonds. The van der Waals surface area contributed by atoms with Gasteiger partial charge in [0.05, 0.1) is 23.6 Å². The van der Waals surface area contributed by atoms with E-state index in [1.54, 1.807) is 0 Å². The van der Waals surface area contributed by atoms with Crippen molar-refractivity contribution in [1.29, 1.82) is 0 Å². The molecule has 2 aliphatic rings. The van der Waals surface area contributed by atoms with Crippen LogP contribution in [0.1, 0.15) is 37.1 Å². The molecule has 1 aliphatic heterocycles. The van der Waals surface area contributed by atoms with Crippen molar-refractivity contribution in [3.63, 3.8) is 0 Å². The van der Waals surface area contributed by atoms with Gasteiger partial charge in [0, 0.05) is 22.4 Å². The van der Waals surface area contributed by atoms with Crippen molar-refractivity contribution in [2.24, 2.45) is 5.73 Å². The largest absolute Gasteiger partial charge is 0.321 e. The third-order valence-electron chi connectivity index (χ3n) is 7.82. The summed E-state index contributed by atoms with van der Waals surface area (Å²) in [6.45, 7) is 3.11. The van der Waals surface area contributed by atoms with E-state index in [1.165, 1.54) is 18.4 Å².